The highest BCUT2D eigenvalue weighted by molar-refractivity contribution is 5.89. The maximum atomic E-state index is 12.9. The molecule has 0 saturated heterocycles. The molecule has 0 aliphatic rings. The van der Waals surface area contributed by atoms with E-state index in [0.29, 0.717) is 10.9 Å². The van der Waals surface area contributed by atoms with Crippen LogP contribution in [-0.4, -0.2) is 89.2 Å². The van der Waals surface area contributed by atoms with Crippen LogP contribution in [0.2, 0.25) is 0 Å². The fraction of sp³-hybridized carbons (Fsp3) is 0.367. The van der Waals surface area contributed by atoms with E-state index in [-0.39, 0.29) is 88.0 Å². The van der Waals surface area contributed by atoms with Crippen LogP contribution >= 0.6 is 0 Å². The van der Waals surface area contributed by atoms with Crippen molar-refractivity contribution < 1.29 is 48.2 Å². The summed E-state index contributed by atoms with van der Waals surface area (Å²) in [6, 6.07) is 7.74. The molecule has 252 valence electrons. The van der Waals surface area contributed by atoms with Crippen LogP contribution in [0.3, 0.4) is 0 Å². The fourth-order valence-electron chi connectivity index (χ4n) is 4.61. The number of rotatable bonds is 19. The van der Waals surface area contributed by atoms with Gasteiger partial charge in [-0.15, -0.1) is 0 Å². The van der Waals surface area contributed by atoms with Gasteiger partial charge in [0.05, 0.1) is 37.8 Å². The number of benzene rings is 2. The summed E-state index contributed by atoms with van der Waals surface area (Å²) < 4.78 is 16.0. The Morgan fingerprint density at radius 3 is 2.38 bits per heavy atom. The SMILES string of the molecule is NC(=O)CCC(=O)N(CCOCCOCCNC(=O)Cc1cc(=O)oc2cc(O)ccc12)C(Cc1ccc(O)c([N+](=O)[O-])c1)C(N)=O. The fourth-order valence-corrected chi connectivity index (χ4v) is 4.61. The second kappa shape index (κ2) is 17.2. The summed E-state index contributed by atoms with van der Waals surface area (Å²) in [6.07, 6.45) is -0.883. The molecule has 0 fully saturated rings. The summed E-state index contributed by atoms with van der Waals surface area (Å²) in [5.41, 5.74) is 10.4. The van der Waals surface area contributed by atoms with E-state index >= 15 is 0 Å². The number of phenols is 2. The molecule has 1 unspecified atom stereocenters. The number of fused-ring (bicyclic) bond motifs is 1. The van der Waals surface area contributed by atoms with Crippen LogP contribution in [0.5, 0.6) is 11.5 Å². The minimum Gasteiger partial charge on any atom is -0.508 e. The lowest BCUT2D eigenvalue weighted by Crippen LogP contribution is -2.50. The average Bonchev–Trinajstić information content (AvgIpc) is 3.00. The van der Waals surface area contributed by atoms with Crippen molar-refractivity contribution in [3.05, 3.63) is 74.1 Å². The van der Waals surface area contributed by atoms with Crippen molar-refractivity contribution in [3.63, 3.8) is 0 Å². The van der Waals surface area contributed by atoms with Gasteiger partial charge in [-0.05, 0) is 29.3 Å². The highest BCUT2D eigenvalue weighted by Crippen LogP contribution is 2.27. The molecule has 1 atom stereocenters. The molecule has 1 heterocycles. The van der Waals surface area contributed by atoms with E-state index in [1.165, 1.54) is 24.3 Å². The molecule has 2 aromatic carbocycles. The van der Waals surface area contributed by atoms with Crippen molar-refractivity contribution in [1.82, 2.24) is 10.2 Å². The zero-order chi connectivity index (χ0) is 34.5. The number of nitrogens with two attached hydrogens (primary N) is 2. The predicted molar refractivity (Wildman–Crippen MR) is 164 cm³/mol. The van der Waals surface area contributed by atoms with E-state index in [1.54, 1.807) is 6.07 Å². The van der Waals surface area contributed by atoms with Crippen molar-refractivity contribution in [3.8, 4) is 11.5 Å². The number of nitrogens with one attached hydrogen (secondary N) is 1. The van der Waals surface area contributed by atoms with E-state index < -0.39 is 45.7 Å². The van der Waals surface area contributed by atoms with Crippen LogP contribution < -0.4 is 22.4 Å². The van der Waals surface area contributed by atoms with Gasteiger partial charge in [-0.25, -0.2) is 4.79 Å². The lowest BCUT2D eigenvalue weighted by Gasteiger charge is -2.30. The lowest BCUT2D eigenvalue weighted by molar-refractivity contribution is -0.385. The monoisotopic (exact) mass is 657 g/mol. The van der Waals surface area contributed by atoms with Gasteiger partial charge in [0.2, 0.25) is 23.6 Å². The number of ether oxygens (including phenoxy) is 2. The van der Waals surface area contributed by atoms with Crippen molar-refractivity contribution in [2.45, 2.75) is 31.7 Å². The molecule has 0 saturated carbocycles. The molecule has 3 rings (SSSR count). The molecule has 0 spiro atoms. The molecular formula is C30H35N5O12. The maximum absolute atomic E-state index is 12.9. The summed E-state index contributed by atoms with van der Waals surface area (Å²) in [5.74, 6) is -3.25. The van der Waals surface area contributed by atoms with Crippen molar-refractivity contribution in [2.24, 2.45) is 11.5 Å². The third-order valence-electron chi connectivity index (χ3n) is 6.86. The van der Waals surface area contributed by atoms with Gasteiger partial charge in [0, 0.05) is 55.9 Å². The second-order valence-electron chi connectivity index (χ2n) is 10.3. The van der Waals surface area contributed by atoms with Gasteiger partial charge in [0.15, 0.2) is 5.75 Å². The van der Waals surface area contributed by atoms with Crippen molar-refractivity contribution in [2.75, 3.05) is 39.5 Å². The zero-order valence-electron chi connectivity index (χ0n) is 25.2. The maximum Gasteiger partial charge on any atom is 0.336 e. The Bertz CT molecular complexity index is 1670. The molecule has 17 heteroatoms. The number of carbonyl (C=O) groups is 4. The molecule has 3 aromatic rings. The second-order valence-corrected chi connectivity index (χ2v) is 10.3. The number of hydrogen-bond donors (Lipinski definition) is 5. The van der Waals surface area contributed by atoms with E-state index in [0.717, 1.165) is 17.0 Å². The summed E-state index contributed by atoms with van der Waals surface area (Å²) >= 11 is 0. The van der Waals surface area contributed by atoms with Crippen LogP contribution in [0.1, 0.15) is 24.0 Å². The number of phenolic OH excluding ortho intramolecular Hbond substituents is 2. The Balaban J connectivity index is 1.46. The first kappa shape index (κ1) is 35.9. The van der Waals surface area contributed by atoms with Crippen LogP contribution in [0.25, 0.3) is 11.0 Å². The van der Waals surface area contributed by atoms with Gasteiger partial charge < -0.3 is 45.8 Å². The zero-order valence-corrected chi connectivity index (χ0v) is 25.2. The van der Waals surface area contributed by atoms with Gasteiger partial charge in [-0.2, -0.15) is 0 Å². The molecule has 7 N–H and O–H groups in total. The number of primary amides is 2. The number of nitro groups is 1. The van der Waals surface area contributed by atoms with Crippen molar-refractivity contribution in [1.29, 1.82) is 0 Å². The molecule has 0 radical (unpaired) electrons. The Morgan fingerprint density at radius 1 is 0.979 bits per heavy atom. The normalized spacial score (nSPS) is 11.6. The number of amides is 4. The Labute approximate surface area is 267 Å². The van der Waals surface area contributed by atoms with Crippen LogP contribution in [0.15, 0.2) is 51.7 Å². The summed E-state index contributed by atoms with van der Waals surface area (Å²) in [5, 5.41) is 33.7. The third-order valence-corrected chi connectivity index (χ3v) is 6.86. The molecule has 0 aliphatic carbocycles. The largest absolute Gasteiger partial charge is 0.508 e. The minimum absolute atomic E-state index is 0.0568. The number of hydrogen-bond acceptors (Lipinski definition) is 12. The standard InChI is InChI=1S/C30H35N5O12/c31-26(38)5-6-28(40)34(23(30(32)42)14-18-1-4-24(37)22(13-18)35(43)44)8-10-46-12-11-45-9-7-33-27(39)15-19-16-29(41)47-25-17-20(36)2-3-21(19)25/h1-4,13,16-17,23,36-37H,5-12,14-15H2,(H2,31,38)(H2,32,42)(H,33,39). The highest BCUT2D eigenvalue weighted by Gasteiger charge is 2.29. The quantitative estimate of drug-likeness (QED) is 0.0493. The number of nitrogens with zero attached hydrogens (tertiary/aromatic N) is 2. The van der Waals surface area contributed by atoms with Crippen LogP contribution in [0, 0.1) is 10.1 Å². The van der Waals surface area contributed by atoms with Gasteiger partial charge in [0.1, 0.15) is 17.4 Å². The highest BCUT2D eigenvalue weighted by atomic mass is 16.6. The average molecular weight is 658 g/mol. The van der Waals surface area contributed by atoms with Gasteiger partial charge >= 0.3 is 11.3 Å². The Morgan fingerprint density at radius 2 is 1.70 bits per heavy atom. The minimum atomic E-state index is -1.25. The smallest absolute Gasteiger partial charge is 0.336 e. The topological polar surface area (TPSA) is 268 Å². The summed E-state index contributed by atoms with van der Waals surface area (Å²) in [4.78, 5) is 72.3. The van der Waals surface area contributed by atoms with Crippen LogP contribution in [0.4, 0.5) is 5.69 Å². The molecular weight excluding hydrogens is 622 g/mol. The molecule has 47 heavy (non-hydrogen) atoms. The van der Waals surface area contributed by atoms with E-state index in [1.807, 2.05) is 0 Å². The predicted octanol–water partition coefficient (Wildman–Crippen LogP) is -0.00500. The molecule has 17 nitrogen and oxygen atoms in total. The Hall–Kier alpha value is -5.55. The van der Waals surface area contributed by atoms with Crippen molar-refractivity contribution >= 4 is 40.3 Å². The lowest BCUT2D eigenvalue weighted by atomic mass is 10.0. The third kappa shape index (κ3) is 11.1. The summed E-state index contributed by atoms with van der Waals surface area (Å²) in [6.45, 7) is 0.334. The number of nitro benzene ring substituents is 1. The van der Waals surface area contributed by atoms with E-state index in [4.69, 9.17) is 25.4 Å². The van der Waals surface area contributed by atoms with Gasteiger partial charge in [0.25, 0.3) is 0 Å². The first-order valence-corrected chi connectivity index (χ1v) is 14.4. The Kier molecular flexibility index (Phi) is 13.2. The molecule has 0 aliphatic heterocycles. The first-order valence-electron chi connectivity index (χ1n) is 14.4. The van der Waals surface area contributed by atoms with Gasteiger partial charge in [-0.1, -0.05) is 6.07 Å². The van der Waals surface area contributed by atoms with Gasteiger partial charge in [-0.3, -0.25) is 29.3 Å². The molecule has 1 aromatic heterocycles. The van der Waals surface area contributed by atoms with Crippen LogP contribution in [-0.2, 0) is 41.5 Å². The number of carbonyl (C=O) groups excluding carboxylic acids is 4. The van der Waals surface area contributed by atoms with E-state index in [9.17, 15) is 44.3 Å². The first-order chi connectivity index (χ1) is 22.3. The molecule has 0 bridgehead atoms. The number of aromatic hydroxyl groups is 2. The summed E-state index contributed by atoms with van der Waals surface area (Å²) in [7, 11) is 0. The molecule has 4 amide bonds. The van der Waals surface area contributed by atoms with E-state index in [2.05, 4.69) is 5.32 Å².